The molecule has 7 nitrogen and oxygen atoms in total. The molecule has 27 heavy (non-hydrogen) atoms. The number of carbonyl (C=O) groups is 1. The van der Waals surface area contributed by atoms with Crippen LogP contribution in [0.3, 0.4) is 0 Å². The minimum atomic E-state index is -0.381. The third-order valence-electron chi connectivity index (χ3n) is 3.55. The fraction of sp³-hybridized carbons (Fsp3) is 0.400. The SMILES string of the molecule is CC(C)OC(=O)c1cccnc1NCCNCc1cccc(OCCO)c1. The third-order valence-corrected chi connectivity index (χ3v) is 3.55. The lowest BCUT2D eigenvalue weighted by molar-refractivity contribution is 0.0378. The number of benzene rings is 1. The number of anilines is 1. The number of hydrogen-bond donors (Lipinski definition) is 3. The predicted octanol–water partition coefficient (Wildman–Crippen LogP) is 2.22. The maximum Gasteiger partial charge on any atom is 0.342 e. The second kappa shape index (κ2) is 11.2. The largest absolute Gasteiger partial charge is 0.491 e. The molecule has 0 saturated carbocycles. The molecule has 0 unspecified atom stereocenters. The molecule has 1 aromatic carbocycles. The lowest BCUT2D eigenvalue weighted by Gasteiger charge is -2.13. The van der Waals surface area contributed by atoms with E-state index in [1.807, 2.05) is 38.1 Å². The molecule has 0 atom stereocenters. The van der Waals surface area contributed by atoms with Crippen molar-refractivity contribution in [2.45, 2.75) is 26.5 Å². The smallest absolute Gasteiger partial charge is 0.342 e. The predicted molar refractivity (Wildman–Crippen MR) is 104 cm³/mol. The average molecular weight is 373 g/mol. The van der Waals surface area contributed by atoms with Gasteiger partial charge in [-0.15, -0.1) is 0 Å². The van der Waals surface area contributed by atoms with Gasteiger partial charge < -0.3 is 25.2 Å². The molecular weight excluding hydrogens is 346 g/mol. The first-order valence-corrected chi connectivity index (χ1v) is 9.03. The Balaban J connectivity index is 1.78. The van der Waals surface area contributed by atoms with Crippen LogP contribution in [0.1, 0.15) is 29.8 Å². The topological polar surface area (TPSA) is 92.7 Å². The van der Waals surface area contributed by atoms with E-state index in [0.29, 0.717) is 31.0 Å². The van der Waals surface area contributed by atoms with E-state index < -0.39 is 0 Å². The van der Waals surface area contributed by atoms with Crippen molar-refractivity contribution in [1.29, 1.82) is 0 Å². The van der Waals surface area contributed by atoms with Crippen LogP contribution in [0.4, 0.5) is 5.82 Å². The minimum absolute atomic E-state index is 0.00559. The molecule has 7 heteroatoms. The number of esters is 1. The summed E-state index contributed by atoms with van der Waals surface area (Å²) < 4.78 is 10.6. The number of carbonyl (C=O) groups excluding carboxylic acids is 1. The average Bonchev–Trinajstić information content (AvgIpc) is 2.66. The molecular formula is C20H27N3O4. The van der Waals surface area contributed by atoms with Gasteiger partial charge in [-0.1, -0.05) is 12.1 Å². The third kappa shape index (κ3) is 7.24. The van der Waals surface area contributed by atoms with E-state index in [2.05, 4.69) is 15.6 Å². The van der Waals surface area contributed by atoms with E-state index in [1.165, 1.54) is 0 Å². The quantitative estimate of drug-likeness (QED) is 0.411. The van der Waals surface area contributed by atoms with Gasteiger partial charge in [-0.05, 0) is 43.7 Å². The zero-order chi connectivity index (χ0) is 19.5. The van der Waals surface area contributed by atoms with Crippen LogP contribution < -0.4 is 15.4 Å². The lowest BCUT2D eigenvalue weighted by atomic mass is 10.2. The van der Waals surface area contributed by atoms with Crippen molar-refractivity contribution >= 4 is 11.8 Å². The van der Waals surface area contributed by atoms with Crippen LogP contribution in [0.5, 0.6) is 5.75 Å². The van der Waals surface area contributed by atoms with Crippen LogP contribution in [-0.2, 0) is 11.3 Å². The fourth-order valence-electron chi connectivity index (χ4n) is 2.40. The molecule has 0 saturated heterocycles. The van der Waals surface area contributed by atoms with Crippen LogP contribution in [0.2, 0.25) is 0 Å². The summed E-state index contributed by atoms with van der Waals surface area (Å²) in [6, 6.07) is 11.1. The van der Waals surface area contributed by atoms with Gasteiger partial charge in [0, 0.05) is 25.8 Å². The van der Waals surface area contributed by atoms with E-state index in [-0.39, 0.29) is 25.3 Å². The lowest BCUT2D eigenvalue weighted by Crippen LogP contribution is -2.23. The van der Waals surface area contributed by atoms with E-state index in [1.54, 1.807) is 18.3 Å². The summed E-state index contributed by atoms with van der Waals surface area (Å²) in [5.74, 6) is 0.876. The van der Waals surface area contributed by atoms with E-state index >= 15 is 0 Å². The summed E-state index contributed by atoms with van der Waals surface area (Å²) in [6.07, 6.45) is 1.46. The van der Waals surface area contributed by atoms with Gasteiger partial charge in [0.15, 0.2) is 0 Å². The highest BCUT2D eigenvalue weighted by atomic mass is 16.5. The second-order valence-electron chi connectivity index (χ2n) is 6.18. The molecule has 3 N–H and O–H groups in total. The van der Waals surface area contributed by atoms with Crippen LogP contribution in [-0.4, -0.2) is 48.5 Å². The Bertz CT molecular complexity index is 722. The van der Waals surface area contributed by atoms with Gasteiger partial charge in [-0.25, -0.2) is 9.78 Å². The maximum atomic E-state index is 12.1. The van der Waals surface area contributed by atoms with Crippen molar-refractivity contribution in [2.75, 3.05) is 31.6 Å². The maximum absolute atomic E-state index is 12.1. The number of nitrogens with zero attached hydrogens (tertiary/aromatic N) is 1. The summed E-state index contributed by atoms with van der Waals surface area (Å²) in [4.78, 5) is 16.3. The van der Waals surface area contributed by atoms with Crippen LogP contribution in [0, 0.1) is 0 Å². The second-order valence-corrected chi connectivity index (χ2v) is 6.18. The highest BCUT2D eigenvalue weighted by Gasteiger charge is 2.14. The van der Waals surface area contributed by atoms with Gasteiger partial charge in [-0.3, -0.25) is 0 Å². The van der Waals surface area contributed by atoms with Gasteiger partial charge in [0.1, 0.15) is 23.7 Å². The number of aliphatic hydroxyl groups is 1. The van der Waals surface area contributed by atoms with Crippen molar-refractivity contribution in [3.63, 3.8) is 0 Å². The molecule has 0 aliphatic carbocycles. The van der Waals surface area contributed by atoms with Gasteiger partial charge in [0.25, 0.3) is 0 Å². The van der Waals surface area contributed by atoms with Crippen molar-refractivity contribution in [3.8, 4) is 5.75 Å². The zero-order valence-corrected chi connectivity index (χ0v) is 15.8. The van der Waals surface area contributed by atoms with Gasteiger partial charge in [0.2, 0.25) is 0 Å². The molecule has 0 radical (unpaired) electrons. The Labute approximate surface area is 159 Å². The van der Waals surface area contributed by atoms with Crippen LogP contribution in [0.25, 0.3) is 0 Å². The Hall–Kier alpha value is -2.64. The Morgan fingerprint density at radius 2 is 2.07 bits per heavy atom. The Kier molecular flexibility index (Phi) is 8.54. The highest BCUT2D eigenvalue weighted by molar-refractivity contribution is 5.94. The Morgan fingerprint density at radius 3 is 2.85 bits per heavy atom. The number of pyridine rings is 1. The number of aromatic nitrogens is 1. The number of nitrogens with one attached hydrogen (secondary N) is 2. The van der Waals surface area contributed by atoms with Crippen molar-refractivity contribution in [1.82, 2.24) is 10.3 Å². The van der Waals surface area contributed by atoms with Gasteiger partial charge >= 0.3 is 5.97 Å². The first-order valence-electron chi connectivity index (χ1n) is 9.03. The molecule has 0 fully saturated rings. The zero-order valence-electron chi connectivity index (χ0n) is 15.8. The molecule has 0 amide bonds. The van der Waals surface area contributed by atoms with E-state index in [4.69, 9.17) is 14.6 Å². The van der Waals surface area contributed by atoms with E-state index in [0.717, 1.165) is 11.3 Å². The molecule has 0 spiro atoms. The molecule has 0 aliphatic rings. The first-order chi connectivity index (χ1) is 13.1. The number of ether oxygens (including phenoxy) is 2. The summed E-state index contributed by atoms with van der Waals surface area (Å²) in [5.41, 5.74) is 1.52. The van der Waals surface area contributed by atoms with Crippen LogP contribution >= 0.6 is 0 Å². The molecule has 2 aromatic rings. The monoisotopic (exact) mass is 373 g/mol. The number of hydrogen-bond acceptors (Lipinski definition) is 7. The van der Waals surface area contributed by atoms with Crippen molar-refractivity contribution < 1.29 is 19.4 Å². The minimum Gasteiger partial charge on any atom is -0.491 e. The molecule has 1 heterocycles. The Morgan fingerprint density at radius 1 is 1.22 bits per heavy atom. The van der Waals surface area contributed by atoms with Crippen molar-refractivity contribution in [3.05, 3.63) is 53.7 Å². The van der Waals surface area contributed by atoms with Crippen molar-refractivity contribution in [2.24, 2.45) is 0 Å². The first kappa shape index (κ1) is 20.7. The molecule has 0 bridgehead atoms. The van der Waals surface area contributed by atoms with Gasteiger partial charge in [0.05, 0.1) is 12.7 Å². The number of aliphatic hydroxyl groups excluding tert-OH is 1. The van der Waals surface area contributed by atoms with Gasteiger partial charge in [-0.2, -0.15) is 0 Å². The van der Waals surface area contributed by atoms with Crippen LogP contribution in [0.15, 0.2) is 42.6 Å². The fourth-order valence-corrected chi connectivity index (χ4v) is 2.40. The highest BCUT2D eigenvalue weighted by Crippen LogP contribution is 2.14. The van der Waals surface area contributed by atoms with E-state index in [9.17, 15) is 4.79 Å². The standard InChI is InChI=1S/C20H27N3O4/c1-15(2)27-20(25)18-7-4-8-22-19(18)23-10-9-21-14-16-5-3-6-17(13-16)26-12-11-24/h3-8,13,15,21,24H,9-12,14H2,1-2H3,(H,22,23). The normalized spacial score (nSPS) is 10.7. The summed E-state index contributed by atoms with van der Waals surface area (Å²) in [7, 11) is 0. The molecule has 2 rings (SSSR count). The molecule has 1 aromatic heterocycles. The molecule has 146 valence electrons. The molecule has 0 aliphatic heterocycles. The summed E-state index contributed by atoms with van der Waals surface area (Å²) in [5, 5.41) is 15.3. The number of rotatable bonds is 11. The summed E-state index contributed by atoms with van der Waals surface area (Å²) >= 11 is 0. The summed E-state index contributed by atoms with van der Waals surface area (Å²) in [6.45, 7) is 5.89.